The number of anilines is 4. The van der Waals surface area contributed by atoms with Crippen LogP contribution in [0.15, 0.2) is 109 Å². The standard InChI is InChI=1S/C13H11N.C12H11N/c1-3-7-12-10(5-1)9-11-6-2-4-8-13(11)14-12;1-3-7-11(8-4-1)13-12-9-5-2-6-10-12/h1-8,14H,9H2;1-10,13H. The van der Waals surface area contributed by atoms with E-state index in [0.29, 0.717) is 0 Å². The van der Waals surface area contributed by atoms with Gasteiger partial charge in [-0.25, -0.2) is 0 Å². The summed E-state index contributed by atoms with van der Waals surface area (Å²) in [7, 11) is 0. The number of nitrogens with one attached hydrogen (secondary N) is 2. The van der Waals surface area contributed by atoms with Crippen molar-refractivity contribution in [2.24, 2.45) is 0 Å². The summed E-state index contributed by atoms with van der Waals surface area (Å²) in [4.78, 5) is 0. The Kier molecular flexibility index (Phi) is 5.16. The number of hydrogen-bond donors (Lipinski definition) is 2. The van der Waals surface area contributed by atoms with E-state index in [1.165, 1.54) is 22.5 Å². The van der Waals surface area contributed by atoms with Crippen molar-refractivity contribution in [3.63, 3.8) is 0 Å². The van der Waals surface area contributed by atoms with Gasteiger partial charge in [0.25, 0.3) is 0 Å². The van der Waals surface area contributed by atoms with E-state index in [0.717, 1.165) is 17.8 Å². The predicted molar refractivity (Wildman–Crippen MR) is 115 cm³/mol. The Bertz CT molecular complexity index is 870. The van der Waals surface area contributed by atoms with Crippen molar-refractivity contribution in [2.45, 2.75) is 6.42 Å². The molecule has 2 N–H and O–H groups in total. The first kappa shape index (κ1) is 16.9. The van der Waals surface area contributed by atoms with Crippen LogP contribution in [0.5, 0.6) is 0 Å². The first-order valence-corrected chi connectivity index (χ1v) is 9.18. The van der Waals surface area contributed by atoms with Crippen molar-refractivity contribution in [3.05, 3.63) is 120 Å². The summed E-state index contributed by atoms with van der Waals surface area (Å²) < 4.78 is 0. The van der Waals surface area contributed by atoms with Gasteiger partial charge in [0.05, 0.1) is 0 Å². The first-order valence-electron chi connectivity index (χ1n) is 9.18. The fourth-order valence-corrected chi connectivity index (χ4v) is 3.15. The van der Waals surface area contributed by atoms with Gasteiger partial charge in [0.1, 0.15) is 0 Å². The van der Waals surface area contributed by atoms with Gasteiger partial charge in [0, 0.05) is 29.2 Å². The maximum absolute atomic E-state index is 3.44. The molecule has 0 amide bonds. The molecule has 132 valence electrons. The molecule has 0 saturated heterocycles. The van der Waals surface area contributed by atoms with Gasteiger partial charge in [-0.05, 0) is 47.5 Å². The quantitative estimate of drug-likeness (QED) is 0.367. The Balaban J connectivity index is 0.000000134. The Hall–Kier alpha value is -3.52. The number of fused-ring (bicyclic) bond motifs is 2. The van der Waals surface area contributed by atoms with E-state index < -0.39 is 0 Å². The fourth-order valence-electron chi connectivity index (χ4n) is 3.15. The van der Waals surface area contributed by atoms with Gasteiger partial charge in [-0.1, -0.05) is 72.8 Å². The highest BCUT2D eigenvalue weighted by atomic mass is 14.9. The SMILES string of the molecule is c1ccc(Nc2ccccc2)cc1.c1ccc2c(c1)Cc1ccccc1N2. The second-order valence-corrected chi connectivity index (χ2v) is 6.47. The topological polar surface area (TPSA) is 24.1 Å². The highest BCUT2D eigenvalue weighted by Gasteiger charge is 2.12. The molecule has 5 rings (SSSR count). The average Bonchev–Trinajstić information content (AvgIpc) is 2.74. The van der Waals surface area contributed by atoms with Crippen LogP contribution in [0, 0.1) is 0 Å². The summed E-state index contributed by atoms with van der Waals surface area (Å²) in [6.07, 6.45) is 1.04. The average molecular weight is 350 g/mol. The number of hydrogen-bond acceptors (Lipinski definition) is 2. The third-order valence-corrected chi connectivity index (χ3v) is 4.52. The third kappa shape index (κ3) is 4.36. The molecule has 0 unspecified atom stereocenters. The second kappa shape index (κ2) is 8.24. The number of para-hydroxylation sites is 4. The molecule has 2 heteroatoms. The van der Waals surface area contributed by atoms with Crippen LogP contribution in [-0.2, 0) is 6.42 Å². The van der Waals surface area contributed by atoms with Gasteiger partial charge in [-0.2, -0.15) is 0 Å². The maximum atomic E-state index is 3.44. The van der Waals surface area contributed by atoms with Gasteiger partial charge in [0.15, 0.2) is 0 Å². The maximum Gasteiger partial charge on any atom is 0.0420 e. The molecule has 0 bridgehead atoms. The van der Waals surface area contributed by atoms with Gasteiger partial charge in [-0.3, -0.25) is 0 Å². The summed E-state index contributed by atoms with van der Waals surface area (Å²) in [6.45, 7) is 0. The minimum atomic E-state index is 1.04. The Morgan fingerprint density at radius 2 is 0.889 bits per heavy atom. The van der Waals surface area contributed by atoms with Crippen LogP contribution in [0.4, 0.5) is 22.7 Å². The van der Waals surface area contributed by atoms with Crippen LogP contribution in [-0.4, -0.2) is 0 Å². The minimum Gasteiger partial charge on any atom is -0.356 e. The normalized spacial score (nSPS) is 11.1. The minimum absolute atomic E-state index is 1.04. The molecule has 0 aromatic heterocycles. The second-order valence-electron chi connectivity index (χ2n) is 6.47. The van der Waals surface area contributed by atoms with Crippen molar-refractivity contribution < 1.29 is 0 Å². The molecule has 4 aromatic carbocycles. The van der Waals surface area contributed by atoms with Gasteiger partial charge < -0.3 is 10.6 Å². The van der Waals surface area contributed by atoms with Crippen molar-refractivity contribution >= 4 is 22.7 Å². The Labute approximate surface area is 160 Å². The summed E-state index contributed by atoms with van der Waals surface area (Å²) in [6, 6.07) is 37.2. The van der Waals surface area contributed by atoms with Crippen molar-refractivity contribution in [1.29, 1.82) is 0 Å². The van der Waals surface area contributed by atoms with E-state index in [1.54, 1.807) is 0 Å². The first-order chi connectivity index (χ1) is 13.4. The highest BCUT2D eigenvalue weighted by Crippen LogP contribution is 2.31. The van der Waals surface area contributed by atoms with Crippen LogP contribution in [0.3, 0.4) is 0 Å². The molecule has 4 aromatic rings. The van der Waals surface area contributed by atoms with Crippen molar-refractivity contribution in [3.8, 4) is 0 Å². The van der Waals surface area contributed by atoms with Gasteiger partial charge in [-0.15, -0.1) is 0 Å². The van der Waals surface area contributed by atoms with E-state index in [2.05, 4.69) is 59.2 Å². The lowest BCUT2D eigenvalue weighted by molar-refractivity contribution is 1.16. The Morgan fingerprint density at radius 1 is 0.481 bits per heavy atom. The van der Waals surface area contributed by atoms with Crippen LogP contribution in [0.2, 0.25) is 0 Å². The highest BCUT2D eigenvalue weighted by molar-refractivity contribution is 5.71. The summed E-state index contributed by atoms with van der Waals surface area (Å²) in [5, 5.41) is 6.74. The van der Waals surface area contributed by atoms with Crippen LogP contribution < -0.4 is 10.6 Å². The van der Waals surface area contributed by atoms with E-state index in [1.807, 2.05) is 60.7 Å². The summed E-state index contributed by atoms with van der Waals surface area (Å²) in [5.74, 6) is 0. The van der Waals surface area contributed by atoms with Crippen LogP contribution in [0.1, 0.15) is 11.1 Å². The number of rotatable bonds is 2. The fraction of sp³-hybridized carbons (Fsp3) is 0.0400. The van der Waals surface area contributed by atoms with Crippen LogP contribution in [0.25, 0.3) is 0 Å². The molecule has 0 fully saturated rings. The molecule has 1 heterocycles. The molecule has 0 aliphatic carbocycles. The smallest absolute Gasteiger partial charge is 0.0420 e. The third-order valence-electron chi connectivity index (χ3n) is 4.52. The van der Waals surface area contributed by atoms with Gasteiger partial charge in [0.2, 0.25) is 0 Å². The monoisotopic (exact) mass is 350 g/mol. The van der Waals surface area contributed by atoms with Crippen molar-refractivity contribution in [2.75, 3.05) is 10.6 Å². The molecular weight excluding hydrogens is 328 g/mol. The molecule has 0 radical (unpaired) electrons. The molecule has 0 saturated carbocycles. The lowest BCUT2D eigenvalue weighted by Crippen LogP contribution is -2.05. The molecule has 27 heavy (non-hydrogen) atoms. The van der Waals surface area contributed by atoms with Crippen LogP contribution >= 0.6 is 0 Å². The van der Waals surface area contributed by atoms with E-state index in [9.17, 15) is 0 Å². The zero-order valence-corrected chi connectivity index (χ0v) is 15.1. The summed E-state index contributed by atoms with van der Waals surface area (Å²) >= 11 is 0. The molecular formula is C25H22N2. The molecule has 1 aliphatic heterocycles. The Morgan fingerprint density at radius 3 is 1.37 bits per heavy atom. The molecule has 2 nitrogen and oxygen atoms in total. The predicted octanol–water partition coefficient (Wildman–Crippen LogP) is 6.76. The molecule has 0 atom stereocenters. The lowest BCUT2D eigenvalue weighted by atomic mass is 9.98. The molecule has 1 aliphatic rings. The number of benzene rings is 4. The van der Waals surface area contributed by atoms with E-state index in [4.69, 9.17) is 0 Å². The van der Waals surface area contributed by atoms with E-state index in [-0.39, 0.29) is 0 Å². The zero-order valence-electron chi connectivity index (χ0n) is 15.1. The summed E-state index contributed by atoms with van der Waals surface area (Å²) in [5.41, 5.74) is 7.48. The van der Waals surface area contributed by atoms with Gasteiger partial charge >= 0.3 is 0 Å². The van der Waals surface area contributed by atoms with E-state index >= 15 is 0 Å². The zero-order chi connectivity index (χ0) is 18.3. The van der Waals surface area contributed by atoms with Crippen molar-refractivity contribution in [1.82, 2.24) is 0 Å². The lowest BCUT2D eigenvalue weighted by Gasteiger charge is -2.20. The largest absolute Gasteiger partial charge is 0.356 e. The molecule has 0 spiro atoms.